The van der Waals surface area contributed by atoms with Gasteiger partial charge in [0.2, 0.25) is 0 Å². The molecule has 0 aliphatic heterocycles. The standard InChI is InChI=1S/C13H11NO4/c1-8-2-3-9(15)6-12(8)18-13-7-10(16)4-5-11(13)14-17/h2-7,15-16H,1H3. The van der Waals surface area contributed by atoms with E-state index in [4.69, 9.17) is 4.74 Å². The van der Waals surface area contributed by atoms with Gasteiger partial charge in [0.1, 0.15) is 17.2 Å². The highest BCUT2D eigenvalue weighted by Crippen LogP contribution is 2.36. The average Bonchev–Trinajstić information content (AvgIpc) is 2.34. The summed E-state index contributed by atoms with van der Waals surface area (Å²) in [7, 11) is 0. The Morgan fingerprint density at radius 2 is 1.61 bits per heavy atom. The van der Waals surface area contributed by atoms with Gasteiger partial charge < -0.3 is 14.9 Å². The van der Waals surface area contributed by atoms with E-state index in [0.29, 0.717) is 5.75 Å². The number of phenolic OH excluding ortho intramolecular Hbond substituents is 2. The number of nitrogens with zero attached hydrogens (tertiary/aromatic N) is 1. The second-order valence-electron chi connectivity index (χ2n) is 3.80. The van der Waals surface area contributed by atoms with E-state index in [2.05, 4.69) is 5.18 Å². The molecule has 2 rings (SSSR count). The van der Waals surface area contributed by atoms with Crippen LogP contribution < -0.4 is 4.74 Å². The highest BCUT2D eigenvalue weighted by Gasteiger charge is 2.09. The van der Waals surface area contributed by atoms with Gasteiger partial charge >= 0.3 is 0 Å². The van der Waals surface area contributed by atoms with E-state index in [0.717, 1.165) is 5.56 Å². The van der Waals surface area contributed by atoms with E-state index < -0.39 is 0 Å². The first-order chi connectivity index (χ1) is 8.60. The van der Waals surface area contributed by atoms with Crippen LogP contribution in [0.15, 0.2) is 41.6 Å². The number of hydrogen-bond donors (Lipinski definition) is 2. The summed E-state index contributed by atoms with van der Waals surface area (Å²) < 4.78 is 5.48. The van der Waals surface area contributed by atoms with Crippen molar-refractivity contribution in [1.82, 2.24) is 0 Å². The summed E-state index contributed by atoms with van der Waals surface area (Å²) in [6, 6.07) is 8.63. The molecular formula is C13H11NO4. The second kappa shape index (κ2) is 4.75. The fourth-order valence-corrected chi connectivity index (χ4v) is 1.48. The number of nitroso groups, excluding NO2 is 1. The van der Waals surface area contributed by atoms with Crippen LogP contribution in [0.3, 0.4) is 0 Å². The lowest BCUT2D eigenvalue weighted by atomic mass is 10.2. The van der Waals surface area contributed by atoms with E-state index in [-0.39, 0.29) is 22.9 Å². The molecule has 5 heteroatoms. The third-order valence-electron chi connectivity index (χ3n) is 2.43. The number of ether oxygens (including phenoxy) is 1. The van der Waals surface area contributed by atoms with E-state index in [9.17, 15) is 15.1 Å². The first kappa shape index (κ1) is 11.9. The molecule has 0 radical (unpaired) electrons. The molecule has 5 nitrogen and oxygen atoms in total. The molecule has 0 aliphatic rings. The Hall–Kier alpha value is -2.56. The van der Waals surface area contributed by atoms with Gasteiger partial charge in [-0.1, -0.05) is 6.07 Å². The fraction of sp³-hybridized carbons (Fsp3) is 0.0769. The van der Waals surface area contributed by atoms with Crippen LogP contribution in [0.5, 0.6) is 23.0 Å². The number of aromatic hydroxyl groups is 2. The van der Waals surface area contributed by atoms with Crippen molar-refractivity contribution in [3.8, 4) is 23.0 Å². The second-order valence-corrected chi connectivity index (χ2v) is 3.80. The van der Waals surface area contributed by atoms with Crippen LogP contribution in [0.4, 0.5) is 5.69 Å². The van der Waals surface area contributed by atoms with Crippen LogP contribution in [-0.4, -0.2) is 10.2 Å². The van der Waals surface area contributed by atoms with Crippen molar-refractivity contribution in [1.29, 1.82) is 0 Å². The third-order valence-corrected chi connectivity index (χ3v) is 2.43. The zero-order valence-corrected chi connectivity index (χ0v) is 9.62. The normalized spacial score (nSPS) is 10.1. The van der Waals surface area contributed by atoms with Crippen molar-refractivity contribution in [3.05, 3.63) is 46.9 Å². The molecule has 0 atom stereocenters. The molecule has 2 aromatic rings. The molecule has 0 bridgehead atoms. The van der Waals surface area contributed by atoms with Crippen molar-refractivity contribution in [3.63, 3.8) is 0 Å². The molecule has 0 aromatic heterocycles. The first-order valence-corrected chi connectivity index (χ1v) is 5.24. The molecule has 0 unspecified atom stereocenters. The minimum absolute atomic E-state index is 0.0322. The molecule has 0 aliphatic carbocycles. The Balaban J connectivity index is 2.41. The summed E-state index contributed by atoms with van der Waals surface area (Å²) in [5.41, 5.74) is 0.864. The molecule has 0 spiro atoms. The summed E-state index contributed by atoms with van der Waals surface area (Å²) in [5.74, 6) is 0.552. The van der Waals surface area contributed by atoms with Gasteiger partial charge in [-0.2, -0.15) is 0 Å². The van der Waals surface area contributed by atoms with Crippen LogP contribution in [-0.2, 0) is 0 Å². The largest absolute Gasteiger partial charge is 0.508 e. The van der Waals surface area contributed by atoms with Crippen LogP contribution in [0, 0.1) is 11.8 Å². The predicted molar refractivity (Wildman–Crippen MR) is 66.5 cm³/mol. The van der Waals surface area contributed by atoms with Gasteiger partial charge in [0.05, 0.1) is 0 Å². The van der Waals surface area contributed by atoms with Gasteiger partial charge in [-0.15, -0.1) is 4.91 Å². The van der Waals surface area contributed by atoms with Gasteiger partial charge in [0.15, 0.2) is 11.4 Å². The fourth-order valence-electron chi connectivity index (χ4n) is 1.48. The van der Waals surface area contributed by atoms with E-state index >= 15 is 0 Å². The van der Waals surface area contributed by atoms with Crippen molar-refractivity contribution >= 4 is 5.69 Å². The lowest BCUT2D eigenvalue weighted by molar-refractivity contribution is 0.445. The Morgan fingerprint density at radius 1 is 1.00 bits per heavy atom. The van der Waals surface area contributed by atoms with Crippen LogP contribution >= 0.6 is 0 Å². The zero-order valence-electron chi connectivity index (χ0n) is 9.62. The van der Waals surface area contributed by atoms with E-state index in [1.54, 1.807) is 13.0 Å². The molecule has 92 valence electrons. The Bertz CT molecular complexity index is 596. The molecule has 0 saturated carbocycles. The van der Waals surface area contributed by atoms with Crippen molar-refractivity contribution < 1.29 is 14.9 Å². The average molecular weight is 245 g/mol. The van der Waals surface area contributed by atoms with Crippen molar-refractivity contribution in [2.24, 2.45) is 5.18 Å². The molecule has 0 fully saturated rings. The van der Waals surface area contributed by atoms with Gasteiger partial charge in [-0.05, 0) is 35.9 Å². The maximum absolute atomic E-state index is 10.6. The molecule has 0 saturated heterocycles. The molecule has 0 heterocycles. The predicted octanol–water partition coefficient (Wildman–Crippen LogP) is 3.60. The molecule has 0 amide bonds. The highest BCUT2D eigenvalue weighted by molar-refractivity contribution is 5.56. The molecule has 18 heavy (non-hydrogen) atoms. The maximum atomic E-state index is 10.6. The maximum Gasteiger partial charge on any atom is 0.160 e. The summed E-state index contributed by atoms with van der Waals surface area (Å²) in [6.07, 6.45) is 0. The summed E-state index contributed by atoms with van der Waals surface area (Å²) in [4.78, 5) is 10.6. The minimum atomic E-state index is -0.0322. The van der Waals surface area contributed by atoms with Crippen molar-refractivity contribution in [2.45, 2.75) is 6.92 Å². The molecular weight excluding hydrogens is 234 g/mol. The molecule has 2 aromatic carbocycles. The topological polar surface area (TPSA) is 79.1 Å². The number of aryl methyl sites for hydroxylation is 1. The minimum Gasteiger partial charge on any atom is -0.508 e. The monoisotopic (exact) mass is 245 g/mol. The SMILES string of the molecule is Cc1ccc(O)cc1Oc1cc(O)ccc1N=O. The van der Waals surface area contributed by atoms with Gasteiger partial charge in [0, 0.05) is 12.1 Å². The Kier molecular flexibility index (Phi) is 3.14. The summed E-state index contributed by atoms with van der Waals surface area (Å²) in [5, 5.41) is 21.6. The van der Waals surface area contributed by atoms with E-state index in [1.165, 1.54) is 30.3 Å². The quantitative estimate of drug-likeness (QED) is 0.810. The number of phenols is 2. The third kappa shape index (κ3) is 2.40. The lowest BCUT2D eigenvalue weighted by Gasteiger charge is -2.10. The number of benzene rings is 2. The smallest absolute Gasteiger partial charge is 0.160 e. The first-order valence-electron chi connectivity index (χ1n) is 5.24. The zero-order chi connectivity index (χ0) is 13.1. The van der Waals surface area contributed by atoms with Crippen LogP contribution in [0.1, 0.15) is 5.56 Å². The Labute approximate surface area is 103 Å². The van der Waals surface area contributed by atoms with E-state index in [1.807, 2.05) is 0 Å². The highest BCUT2D eigenvalue weighted by atomic mass is 16.5. The lowest BCUT2D eigenvalue weighted by Crippen LogP contribution is -1.88. The van der Waals surface area contributed by atoms with Gasteiger partial charge in [-0.3, -0.25) is 0 Å². The van der Waals surface area contributed by atoms with Gasteiger partial charge in [0.25, 0.3) is 0 Å². The van der Waals surface area contributed by atoms with Crippen molar-refractivity contribution in [2.75, 3.05) is 0 Å². The van der Waals surface area contributed by atoms with Crippen LogP contribution in [0.25, 0.3) is 0 Å². The van der Waals surface area contributed by atoms with Gasteiger partial charge in [-0.25, -0.2) is 0 Å². The summed E-state index contributed by atoms with van der Waals surface area (Å²) in [6.45, 7) is 1.80. The number of rotatable bonds is 3. The van der Waals surface area contributed by atoms with Crippen LogP contribution in [0.2, 0.25) is 0 Å². The Morgan fingerprint density at radius 3 is 2.28 bits per heavy atom. The number of hydrogen-bond acceptors (Lipinski definition) is 5. The summed E-state index contributed by atoms with van der Waals surface area (Å²) >= 11 is 0. The molecule has 2 N–H and O–H groups in total.